The van der Waals surface area contributed by atoms with E-state index < -0.39 is 0 Å². The van der Waals surface area contributed by atoms with Gasteiger partial charge >= 0.3 is 0 Å². The van der Waals surface area contributed by atoms with Crippen molar-refractivity contribution < 1.29 is 14.3 Å². The van der Waals surface area contributed by atoms with Gasteiger partial charge in [-0.25, -0.2) is 0 Å². The zero-order valence-corrected chi connectivity index (χ0v) is 17.3. The number of ether oxygens (including phenoxy) is 2. The molecular weight excluding hydrogens is 392 g/mol. The van der Waals surface area contributed by atoms with Crippen molar-refractivity contribution in [3.63, 3.8) is 0 Å². The first-order chi connectivity index (χ1) is 15.2. The minimum atomic E-state index is -0.355. The number of pyridine rings is 2. The molecule has 1 aromatic carbocycles. The molecule has 0 fully saturated rings. The summed E-state index contributed by atoms with van der Waals surface area (Å²) in [5, 5.41) is 0. The van der Waals surface area contributed by atoms with E-state index in [2.05, 4.69) is 14.9 Å². The fourth-order valence-corrected chi connectivity index (χ4v) is 3.83. The van der Waals surface area contributed by atoms with Gasteiger partial charge in [-0.2, -0.15) is 0 Å². The Balaban J connectivity index is 1.65. The zero-order chi connectivity index (χ0) is 21.5. The number of rotatable bonds is 9. The molecule has 0 bridgehead atoms. The van der Waals surface area contributed by atoms with Crippen molar-refractivity contribution in [1.82, 2.24) is 14.9 Å². The lowest BCUT2D eigenvalue weighted by atomic mass is 9.96. The quantitative estimate of drug-likeness (QED) is 0.574. The molecule has 0 saturated heterocycles. The second-order valence-corrected chi connectivity index (χ2v) is 7.52. The van der Waals surface area contributed by atoms with Gasteiger partial charge in [-0.05, 0) is 65.9 Å². The van der Waals surface area contributed by atoms with Crippen LogP contribution in [-0.2, 0) is 17.6 Å². The maximum atomic E-state index is 12.0. The molecule has 7 heteroatoms. The molecule has 2 N–H and O–H groups in total. The van der Waals surface area contributed by atoms with Crippen molar-refractivity contribution in [2.24, 2.45) is 5.73 Å². The molecule has 0 saturated carbocycles. The van der Waals surface area contributed by atoms with Crippen LogP contribution in [0.25, 0.3) is 0 Å². The van der Waals surface area contributed by atoms with Gasteiger partial charge in [0.1, 0.15) is 13.2 Å². The van der Waals surface area contributed by atoms with Gasteiger partial charge in [0.2, 0.25) is 5.91 Å². The Hall–Kier alpha value is -3.45. The Kier molecular flexibility index (Phi) is 6.74. The predicted molar refractivity (Wildman–Crippen MR) is 117 cm³/mol. The van der Waals surface area contributed by atoms with E-state index >= 15 is 0 Å². The van der Waals surface area contributed by atoms with Gasteiger partial charge in [-0.15, -0.1) is 0 Å². The summed E-state index contributed by atoms with van der Waals surface area (Å²) in [7, 11) is 0. The molecule has 1 atom stereocenters. The van der Waals surface area contributed by atoms with E-state index in [0.29, 0.717) is 26.2 Å². The molecule has 0 aliphatic carbocycles. The van der Waals surface area contributed by atoms with Crippen LogP contribution in [0.5, 0.6) is 11.5 Å². The van der Waals surface area contributed by atoms with Crippen LogP contribution in [-0.4, -0.2) is 47.1 Å². The van der Waals surface area contributed by atoms with Crippen molar-refractivity contribution in [3.05, 3.63) is 83.9 Å². The second kappa shape index (κ2) is 10.0. The van der Waals surface area contributed by atoms with Crippen molar-refractivity contribution in [2.75, 3.05) is 26.3 Å². The van der Waals surface area contributed by atoms with Crippen molar-refractivity contribution >= 4 is 5.91 Å². The fraction of sp³-hybridized carbons (Fsp3) is 0.292. The number of benzene rings is 1. The minimum Gasteiger partial charge on any atom is -0.486 e. The first kappa shape index (κ1) is 20.8. The van der Waals surface area contributed by atoms with E-state index in [1.54, 1.807) is 24.8 Å². The summed E-state index contributed by atoms with van der Waals surface area (Å²) in [6.45, 7) is 1.91. The third-order valence-electron chi connectivity index (χ3n) is 5.37. The molecule has 1 unspecified atom stereocenters. The highest BCUT2D eigenvalue weighted by Gasteiger charge is 2.24. The fourth-order valence-electron chi connectivity index (χ4n) is 3.83. The van der Waals surface area contributed by atoms with E-state index in [0.717, 1.165) is 34.6 Å². The lowest BCUT2D eigenvalue weighted by molar-refractivity contribution is -0.119. The molecule has 7 nitrogen and oxygen atoms in total. The predicted octanol–water partition coefficient (Wildman–Crippen LogP) is 2.56. The number of hydrogen-bond acceptors (Lipinski definition) is 6. The molecule has 2 aromatic heterocycles. The average molecular weight is 418 g/mol. The standard InChI is InChI=1S/C24H26N4O3/c25-24(29)17-28(12-7-18-3-8-26-9-4-18)21(15-19-5-10-27-11-6-19)20-1-2-22-23(16-20)31-14-13-30-22/h1-6,8-11,16,21H,7,12-15,17H2,(H2,25,29). The SMILES string of the molecule is NC(=O)CN(CCc1ccncc1)C(Cc1ccncc1)c1ccc2c(c1)OCCO2. The minimum absolute atomic E-state index is 0.0624. The Labute approximate surface area is 181 Å². The third-order valence-corrected chi connectivity index (χ3v) is 5.37. The van der Waals surface area contributed by atoms with Crippen molar-refractivity contribution in [3.8, 4) is 11.5 Å². The first-order valence-electron chi connectivity index (χ1n) is 10.4. The Morgan fingerprint density at radius 1 is 0.935 bits per heavy atom. The van der Waals surface area contributed by atoms with Crippen LogP contribution < -0.4 is 15.2 Å². The van der Waals surface area contributed by atoms with Gasteiger partial charge < -0.3 is 15.2 Å². The summed E-state index contributed by atoms with van der Waals surface area (Å²) >= 11 is 0. The molecule has 0 spiro atoms. The van der Waals surface area contributed by atoms with E-state index in [4.69, 9.17) is 15.2 Å². The van der Waals surface area contributed by atoms with E-state index in [1.807, 2.05) is 42.5 Å². The number of hydrogen-bond donors (Lipinski definition) is 1. The molecule has 1 aliphatic rings. The number of aromatic nitrogens is 2. The molecule has 160 valence electrons. The number of amides is 1. The first-order valence-corrected chi connectivity index (χ1v) is 10.4. The van der Waals surface area contributed by atoms with Gasteiger partial charge in [0.05, 0.1) is 6.54 Å². The molecule has 4 rings (SSSR count). The summed E-state index contributed by atoms with van der Waals surface area (Å²) in [5.74, 6) is 1.12. The molecular formula is C24H26N4O3. The van der Waals surface area contributed by atoms with Crippen LogP contribution in [0.3, 0.4) is 0 Å². The topological polar surface area (TPSA) is 90.6 Å². The summed E-state index contributed by atoms with van der Waals surface area (Å²) in [6.07, 6.45) is 8.63. The second-order valence-electron chi connectivity index (χ2n) is 7.52. The van der Waals surface area contributed by atoms with Crippen LogP contribution in [0.15, 0.2) is 67.3 Å². The monoisotopic (exact) mass is 418 g/mol. The summed E-state index contributed by atoms with van der Waals surface area (Å²) in [5.41, 5.74) is 8.98. The number of nitrogens with zero attached hydrogens (tertiary/aromatic N) is 3. The van der Waals surface area contributed by atoms with E-state index in [1.165, 1.54) is 0 Å². The highest BCUT2D eigenvalue weighted by atomic mass is 16.6. The lowest BCUT2D eigenvalue weighted by Crippen LogP contribution is -2.39. The van der Waals surface area contributed by atoms with Crippen molar-refractivity contribution in [1.29, 1.82) is 0 Å². The van der Waals surface area contributed by atoms with Crippen LogP contribution in [0.1, 0.15) is 22.7 Å². The number of primary amides is 1. The van der Waals surface area contributed by atoms with Crippen LogP contribution in [0.4, 0.5) is 0 Å². The largest absolute Gasteiger partial charge is 0.486 e. The van der Waals surface area contributed by atoms with Gasteiger partial charge in [-0.1, -0.05) is 6.07 Å². The number of carbonyl (C=O) groups excluding carboxylic acids is 1. The maximum Gasteiger partial charge on any atom is 0.231 e. The number of fused-ring (bicyclic) bond motifs is 1. The number of carbonyl (C=O) groups is 1. The third kappa shape index (κ3) is 5.58. The zero-order valence-electron chi connectivity index (χ0n) is 17.3. The Bertz CT molecular complexity index is 998. The molecule has 3 aromatic rings. The normalized spacial score (nSPS) is 13.7. The summed E-state index contributed by atoms with van der Waals surface area (Å²) in [6, 6.07) is 13.9. The summed E-state index contributed by atoms with van der Waals surface area (Å²) in [4.78, 5) is 22.3. The van der Waals surface area contributed by atoms with E-state index in [9.17, 15) is 4.79 Å². The Morgan fingerprint density at radius 2 is 1.58 bits per heavy atom. The summed E-state index contributed by atoms with van der Waals surface area (Å²) < 4.78 is 11.5. The Morgan fingerprint density at radius 3 is 2.26 bits per heavy atom. The molecule has 1 aliphatic heterocycles. The van der Waals surface area contributed by atoms with Crippen LogP contribution in [0, 0.1) is 0 Å². The smallest absolute Gasteiger partial charge is 0.231 e. The van der Waals surface area contributed by atoms with Crippen LogP contribution in [0.2, 0.25) is 0 Å². The van der Waals surface area contributed by atoms with Crippen LogP contribution >= 0.6 is 0 Å². The highest BCUT2D eigenvalue weighted by molar-refractivity contribution is 5.76. The van der Waals surface area contributed by atoms with Gasteiger partial charge in [0.25, 0.3) is 0 Å². The molecule has 31 heavy (non-hydrogen) atoms. The molecule has 0 radical (unpaired) electrons. The van der Waals surface area contributed by atoms with Gasteiger partial charge in [0, 0.05) is 37.4 Å². The average Bonchev–Trinajstić information content (AvgIpc) is 2.81. The van der Waals surface area contributed by atoms with Crippen molar-refractivity contribution in [2.45, 2.75) is 18.9 Å². The maximum absolute atomic E-state index is 12.0. The van der Waals surface area contributed by atoms with E-state index in [-0.39, 0.29) is 18.5 Å². The molecule has 3 heterocycles. The van der Waals surface area contributed by atoms with Gasteiger partial charge in [0.15, 0.2) is 11.5 Å². The van der Waals surface area contributed by atoms with Gasteiger partial charge in [-0.3, -0.25) is 19.7 Å². The molecule has 1 amide bonds. The highest BCUT2D eigenvalue weighted by Crippen LogP contribution is 2.35. The lowest BCUT2D eigenvalue weighted by Gasteiger charge is -2.32. The number of nitrogens with two attached hydrogens (primary N) is 1.